The highest BCUT2D eigenvalue weighted by Crippen LogP contribution is 2.32. The molecule has 0 amide bonds. The van der Waals surface area contributed by atoms with Gasteiger partial charge in [0.05, 0.1) is 5.02 Å². The van der Waals surface area contributed by atoms with Gasteiger partial charge in [0.25, 0.3) is 0 Å². The molecule has 0 aliphatic carbocycles. The van der Waals surface area contributed by atoms with E-state index >= 15 is 0 Å². The lowest BCUT2D eigenvalue weighted by Gasteiger charge is -2.10. The maximum Gasteiger partial charge on any atom is 0.146 e. The summed E-state index contributed by atoms with van der Waals surface area (Å²) in [5.41, 5.74) is 0.829. The minimum absolute atomic E-state index is 0.330. The zero-order valence-electron chi connectivity index (χ0n) is 10.9. The van der Waals surface area contributed by atoms with Crippen LogP contribution in [0.15, 0.2) is 40.9 Å². The molecule has 0 aliphatic heterocycles. The summed E-state index contributed by atoms with van der Waals surface area (Å²) in [5, 5.41) is 3.62. The topological polar surface area (TPSA) is 21.3 Å². The Kier molecular flexibility index (Phi) is 5.40. The Morgan fingerprint density at radius 2 is 2.05 bits per heavy atom. The largest absolute Gasteiger partial charge is 0.456 e. The van der Waals surface area contributed by atoms with Crippen molar-refractivity contribution < 1.29 is 9.13 Å². The molecule has 0 unspecified atom stereocenters. The molecule has 106 valence electrons. The molecule has 1 N–H and O–H groups in total. The van der Waals surface area contributed by atoms with Crippen LogP contribution in [0.2, 0.25) is 5.02 Å². The lowest BCUT2D eigenvalue weighted by molar-refractivity contribution is 0.475. The summed E-state index contributed by atoms with van der Waals surface area (Å²) < 4.78 is 20.1. The fraction of sp³-hybridized carbons (Fsp3) is 0.200. The van der Waals surface area contributed by atoms with Gasteiger partial charge in [-0.15, -0.1) is 0 Å². The van der Waals surface area contributed by atoms with Crippen molar-refractivity contribution in [3.05, 3.63) is 57.3 Å². The quantitative estimate of drug-likeness (QED) is 0.798. The predicted octanol–water partition coefficient (Wildman–Crippen LogP) is 5.14. The summed E-state index contributed by atoms with van der Waals surface area (Å²) in [6.07, 6.45) is 0. The van der Waals surface area contributed by atoms with Crippen LogP contribution in [0.1, 0.15) is 12.5 Å². The molecule has 0 heterocycles. The fourth-order valence-electron chi connectivity index (χ4n) is 1.74. The SMILES string of the molecule is CCNCc1cc(F)cc(Oc2ccc(Br)cc2Cl)c1. The number of hydrogen-bond donors (Lipinski definition) is 1. The average molecular weight is 359 g/mol. The molecule has 5 heteroatoms. The third-order valence-electron chi connectivity index (χ3n) is 2.63. The summed E-state index contributed by atoms with van der Waals surface area (Å²) in [4.78, 5) is 0. The van der Waals surface area contributed by atoms with Crippen molar-refractivity contribution in [3.63, 3.8) is 0 Å². The molecular formula is C15H14BrClFNO. The number of rotatable bonds is 5. The Labute approximate surface area is 131 Å². The van der Waals surface area contributed by atoms with Crippen molar-refractivity contribution in [1.82, 2.24) is 5.32 Å². The molecule has 20 heavy (non-hydrogen) atoms. The molecule has 0 radical (unpaired) electrons. The molecule has 2 nitrogen and oxygen atoms in total. The van der Waals surface area contributed by atoms with Crippen molar-refractivity contribution in [3.8, 4) is 11.5 Å². The van der Waals surface area contributed by atoms with E-state index in [0.717, 1.165) is 16.6 Å². The Morgan fingerprint density at radius 1 is 1.25 bits per heavy atom. The van der Waals surface area contributed by atoms with Crippen LogP contribution in [0.5, 0.6) is 11.5 Å². The first kappa shape index (κ1) is 15.3. The number of halogens is 3. The zero-order valence-corrected chi connectivity index (χ0v) is 13.3. The van der Waals surface area contributed by atoms with Crippen molar-refractivity contribution in [2.75, 3.05) is 6.54 Å². The van der Waals surface area contributed by atoms with Crippen LogP contribution in [0.25, 0.3) is 0 Å². The first-order valence-electron chi connectivity index (χ1n) is 6.21. The molecule has 0 spiro atoms. The van der Waals surface area contributed by atoms with Crippen molar-refractivity contribution >= 4 is 27.5 Å². The van der Waals surface area contributed by atoms with Gasteiger partial charge in [-0.2, -0.15) is 0 Å². The van der Waals surface area contributed by atoms with Gasteiger partial charge in [0.1, 0.15) is 17.3 Å². The summed E-state index contributed by atoms with van der Waals surface area (Å²) in [6.45, 7) is 3.42. The molecule has 0 aromatic heterocycles. The van der Waals surface area contributed by atoms with Gasteiger partial charge in [-0.3, -0.25) is 0 Å². The third kappa shape index (κ3) is 4.20. The molecule has 0 atom stereocenters. The second-order valence-electron chi connectivity index (χ2n) is 4.25. The smallest absolute Gasteiger partial charge is 0.146 e. The Morgan fingerprint density at radius 3 is 2.75 bits per heavy atom. The van der Waals surface area contributed by atoms with E-state index in [9.17, 15) is 4.39 Å². The van der Waals surface area contributed by atoms with E-state index in [2.05, 4.69) is 21.2 Å². The predicted molar refractivity (Wildman–Crippen MR) is 83.0 cm³/mol. The van der Waals surface area contributed by atoms with Crippen molar-refractivity contribution in [2.24, 2.45) is 0 Å². The molecule has 2 aromatic carbocycles. The van der Waals surface area contributed by atoms with Crippen LogP contribution in [-0.2, 0) is 6.54 Å². The standard InChI is InChI=1S/C15H14BrClFNO/c1-2-19-9-10-5-12(18)8-13(6-10)20-15-4-3-11(16)7-14(15)17/h3-8,19H,2,9H2,1H3. The zero-order chi connectivity index (χ0) is 14.5. The maximum absolute atomic E-state index is 13.6. The monoisotopic (exact) mass is 357 g/mol. The highest BCUT2D eigenvalue weighted by Gasteiger charge is 2.06. The summed E-state index contributed by atoms with van der Waals surface area (Å²) in [5.74, 6) is 0.598. The molecular weight excluding hydrogens is 345 g/mol. The van der Waals surface area contributed by atoms with E-state index < -0.39 is 0 Å². The van der Waals surface area contributed by atoms with Gasteiger partial charge in [0.15, 0.2) is 0 Å². The van der Waals surface area contributed by atoms with Gasteiger partial charge in [0.2, 0.25) is 0 Å². The Hall–Kier alpha value is -1.10. The summed E-state index contributed by atoms with van der Waals surface area (Å²) in [6, 6.07) is 9.91. The van der Waals surface area contributed by atoms with Gasteiger partial charge >= 0.3 is 0 Å². The van der Waals surface area contributed by atoms with Crippen LogP contribution in [-0.4, -0.2) is 6.54 Å². The Balaban J connectivity index is 2.21. The van der Waals surface area contributed by atoms with Crippen molar-refractivity contribution in [1.29, 1.82) is 0 Å². The van der Waals surface area contributed by atoms with Gasteiger partial charge in [0, 0.05) is 17.1 Å². The van der Waals surface area contributed by atoms with E-state index in [0.29, 0.717) is 23.1 Å². The number of hydrogen-bond acceptors (Lipinski definition) is 2. The van der Waals surface area contributed by atoms with Crippen LogP contribution in [0, 0.1) is 5.82 Å². The highest BCUT2D eigenvalue weighted by atomic mass is 79.9. The van der Waals surface area contributed by atoms with Gasteiger partial charge in [-0.25, -0.2) is 4.39 Å². The molecule has 2 aromatic rings. The summed E-state index contributed by atoms with van der Waals surface area (Å²) in [7, 11) is 0. The van der Waals surface area contributed by atoms with E-state index in [-0.39, 0.29) is 5.82 Å². The highest BCUT2D eigenvalue weighted by molar-refractivity contribution is 9.10. The normalized spacial score (nSPS) is 10.6. The third-order valence-corrected chi connectivity index (χ3v) is 3.42. The minimum Gasteiger partial charge on any atom is -0.456 e. The maximum atomic E-state index is 13.6. The minimum atomic E-state index is -0.330. The number of ether oxygens (including phenoxy) is 1. The van der Waals surface area contributed by atoms with Crippen LogP contribution in [0.3, 0.4) is 0 Å². The summed E-state index contributed by atoms with van der Waals surface area (Å²) >= 11 is 9.41. The number of nitrogens with one attached hydrogen (secondary N) is 1. The van der Waals surface area contributed by atoms with E-state index in [4.69, 9.17) is 16.3 Å². The van der Waals surface area contributed by atoms with Gasteiger partial charge in [-0.1, -0.05) is 34.5 Å². The van der Waals surface area contributed by atoms with Gasteiger partial charge in [-0.05, 0) is 42.4 Å². The van der Waals surface area contributed by atoms with Gasteiger partial charge < -0.3 is 10.1 Å². The molecule has 0 saturated heterocycles. The van der Waals surface area contributed by atoms with Crippen LogP contribution in [0.4, 0.5) is 4.39 Å². The molecule has 0 bridgehead atoms. The van der Waals surface area contributed by atoms with E-state index in [1.807, 2.05) is 13.0 Å². The molecule has 0 fully saturated rings. The second-order valence-corrected chi connectivity index (χ2v) is 5.58. The average Bonchev–Trinajstić information content (AvgIpc) is 2.39. The van der Waals surface area contributed by atoms with Crippen molar-refractivity contribution in [2.45, 2.75) is 13.5 Å². The van der Waals surface area contributed by atoms with Crippen LogP contribution >= 0.6 is 27.5 Å². The first-order chi connectivity index (χ1) is 9.58. The van der Waals surface area contributed by atoms with E-state index in [1.54, 1.807) is 18.2 Å². The lowest BCUT2D eigenvalue weighted by Crippen LogP contribution is -2.11. The van der Waals surface area contributed by atoms with E-state index in [1.165, 1.54) is 12.1 Å². The Bertz CT molecular complexity index is 606. The number of benzene rings is 2. The molecule has 2 rings (SSSR count). The molecule has 0 aliphatic rings. The van der Waals surface area contributed by atoms with Crippen LogP contribution < -0.4 is 10.1 Å². The fourth-order valence-corrected chi connectivity index (χ4v) is 2.45. The molecule has 0 saturated carbocycles. The second kappa shape index (κ2) is 7.07. The lowest BCUT2D eigenvalue weighted by atomic mass is 10.2. The first-order valence-corrected chi connectivity index (χ1v) is 7.38.